The summed E-state index contributed by atoms with van der Waals surface area (Å²) >= 11 is 6.04. The van der Waals surface area contributed by atoms with Crippen LogP contribution in [0.2, 0.25) is 5.02 Å². The van der Waals surface area contributed by atoms with Crippen LogP contribution in [0, 0.1) is 11.7 Å². The van der Waals surface area contributed by atoms with Crippen LogP contribution in [0.4, 0.5) is 4.39 Å². The smallest absolute Gasteiger partial charge is 0.231 e. The molecule has 162 valence electrons. The van der Waals surface area contributed by atoms with Crippen LogP contribution in [0.25, 0.3) is 0 Å². The lowest BCUT2D eigenvalue weighted by Crippen LogP contribution is -2.51. The second kappa shape index (κ2) is 8.04. The van der Waals surface area contributed by atoms with E-state index in [0.717, 1.165) is 23.5 Å². The van der Waals surface area contributed by atoms with E-state index in [1.807, 2.05) is 23.1 Å². The highest BCUT2D eigenvalue weighted by Crippen LogP contribution is 2.50. The number of rotatable bonds is 4. The van der Waals surface area contributed by atoms with Crippen LogP contribution in [0.1, 0.15) is 23.5 Å². The summed E-state index contributed by atoms with van der Waals surface area (Å²) in [5, 5.41) is 0.255. The number of carbonyl (C=O) groups excluding carboxylic acids is 2. The number of hydrogen-bond acceptors (Lipinski definition) is 4. The fourth-order valence-corrected chi connectivity index (χ4v) is 4.58. The van der Waals surface area contributed by atoms with Gasteiger partial charge in [-0.2, -0.15) is 0 Å². The van der Waals surface area contributed by atoms with E-state index < -0.39 is 5.82 Å². The molecule has 2 atom stereocenters. The Morgan fingerprint density at radius 3 is 2.55 bits per heavy atom. The van der Waals surface area contributed by atoms with Crippen molar-refractivity contribution in [1.29, 1.82) is 0 Å². The number of ether oxygens (including phenoxy) is 2. The minimum atomic E-state index is -0.474. The molecule has 1 aliphatic carbocycles. The van der Waals surface area contributed by atoms with Gasteiger partial charge in [0.2, 0.25) is 18.6 Å². The quantitative estimate of drug-likeness (QED) is 0.726. The number of halogens is 2. The molecule has 2 aromatic rings. The van der Waals surface area contributed by atoms with Crippen molar-refractivity contribution in [1.82, 2.24) is 9.80 Å². The van der Waals surface area contributed by atoms with E-state index in [-0.39, 0.29) is 47.5 Å². The molecular weight excluding hydrogens is 423 g/mol. The minimum absolute atomic E-state index is 0.0279. The van der Waals surface area contributed by atoms with Crippen LogP contribution in [-0.4, -0.2) is 54.6 Å². The minimum Gasteiger partial charge on any atom is -0.454 e. The SMILES string of the molecule is O=C(Cc1c(F)cccc1Cl)N1CCN(C(=O)[C@@H]2C[C@@H]2c2ccc3c(c2)OCO3)CC1. The molecule has 2 amide bonds. The van der Waals surface area contributed by atoms with Crippen LogP contribution >= 0.6 is 11.6 Å². The highest BCUT2D eigenvalue weighted by atomic mass is 35.5. The van der Waals surface area contributed by atoms with Crippen LogP contribution in [0.3, 0.4) is 0 Å². The maximum atomic E-state index is 14.0. The molecule has 6 nitrogen and oxygen atoms in total. The number of fused-ring (bicyclic) bond motifs is 1. The first-order valence-corrected chi connectivity index (χ1v) is 10.8. The predicted molar refractivity (Wildman–Crippen MR) is 112 cm³/mol. The van der Waals surface area contributed by atoms with Gasteiger partial charge in [0.1, 0.15) is 5.82 Å². The van der Waals surface area contributed by atoms with Gasteiger partial charge in [-0.3, -0.25) is 9.59 Å². The Balaban J connectivity index is 1.15. The average Bonchev–Trinajstić information content (AvgIpc) is 3.44. The zero-order chi connectivity index (χ0) is 21.5. The molecule has 2 fully saturated rings. The molecule has 8 heteroatoms. The van der Waals surface area contributed by atoms with Gasteiger partial charge in [0, 0.05) is 42.7 Å². The van der Waals surface area contributed by atoms with Crippen molar-refractivity contribution in [2.24, 2.45) is 5.92 Å². The molecule has 0 N–H and O–H groups in total. The molecule has 2 aliphatic heterocycles. The van der Waals surface area contributed by atoms with E-state index >= 15 is 0 Å². The van der Waals surface area contributed by atoms with Gasteiger partial charge >= 0.3 is 0 Å². The maximum absolute atomic E-state index is 14.0. The lowest BCUT2D eigenvalue weighted by molar-refractivity contribution is -0.140. The van der Waals surface area contributed by atoms with Crippen molar-refractivity contribution in [3.63, 3.8) is 0 Å². The number of benzene rings is 2. The van der Waals surface area contributed by atoms with Crippen molar-refractivity contribution >= 4 is 23.4 Å². The van der Waals surface area contributed by atoms with Crippen molar-refractivity contribution in [2.75, 3.05) is 33.0 Å². The molecule has 2 heterocycles. The van der Waals surface area contributed by atoms with E-state index in [4.69, 9.17) is 21.1 Å². The number of piperazine rings is 1. The first-order valence-electron chi connectivity index (χ1n) is 10.4. The topological polar surface area (TPSA) is 59.1 Å². The Labute approximate surface area is 184 Å². The summed E-state index contributed by atoms with van der Waals surface area (Å²) in [5.74, 6) is 1.13. The van der Waals surface area contributed by atoms with Crippen molar-refractivity contribution in [3.8, 4) is 11.5 Å². The third-order valence-electron chi connectivity index (χ3n) is 6.27. The van der Waals surface area contributed by atoms with Gasteiger partial charge in [-0.05, 0) is 42.2 Å². The van der Waals surface area contributed by atoms with Gasteiger partial charge in [0.25, 0.3) is 0 Å². The summed E-state index contributed by atoms with van der Waals surface area (Å²) in [4.78, 5) is 29.0. The second-order valence-electron chi connectivity index (χ2n) is 8.14. The molecule has 3 aliphatic rings. The first-order chi connectivity index (χ1) is 15.0. The number of hydrogen-bond donors (Lipinski definition) is 0. The Morgan fingerprint density at radius 1 is 1.03 bits per heavy atom. The number of carbonyl (C=O) groups is 2. The molecule has 1 saturated carbocycles. The lowest BCUT2D eigenvalue weighted by Gasteiger charge is -2.35. The zero-order valence-corrected chi connectivity index (χ0v) is 17.6. The molecule has 0 spiro atoms. The maximum Gasteiger partial charge on any atom is 0.231 e. The Kier molecular flexibility index (Phi) is 5.22. The van der Waals surface area contributed by atoms with Crippen LogP contribution in [0.5, 0.6) is 11.5 Å². The van der Waals surface area contributed by atoms with E-state index in [0.29, 0.717) is 26.2 Å². The standard InChI is InChI=1S/C23H22ClFN2O4/c24-18-2-1-3-19(25)17(18)12-22(28)26-6-8-27(9-7-26)23(29)16-11-15(16)14-4-5-20-21(10-14)31-13-30-20/h1-5,10,15-16H,6-9,11-13H2/t15-,16-/m1/s1. The first kappa shape index (κ1) is 20.1. The third-order valence-corrected chi connectivity index (χ3v) is 6.62. The molecule has 0 unspecified atom stereocenters. The highest BCUT2D eigenvalue weighted by molar-refractivity contribution is 6.31. The molecule has 0 aromatic heterocycles. The number of nitrogens with zero attached hydrogens (tertiary/aromatic N) is 2. The van der Waals surface area contributed by atoms with E-state index in [9.17, 15) is 14.0 Å². The molecule has 5 rings (SSSR count). The second-order valence-corrected chi connectivity index (χ2v) is 8.55. The van der Waals surface area contributed by atoms with Crippen LogP contribution in [-0.2, 0) is 16.0 Å². The summed E-state index contributed by atoms with van der Waals surface area (Å²) in [5.41, 5.74) is 1.32. The molecule has 1 saturated heterocycles. The van der Waals surface area contributed by atoms with Gasteiger partial charge < -0.3 is 19.3 Å². The van der Waals surface area contributed by atoms with Crippen molar-refractivity contribution in [3.05, 3.63) is 58.4 Å². The number of amides is 2. The Morgan fingerprint density at radius 2 is 1.77 bits per heavy atom. The largest absolute Gasteiger partial charge is 0.454 e. The Hall–Kier alpha value is -2.80. The molecule has 31 heavy (non-hydrogen) atoms. The zero-order valence-electron chi connectivity index (χ0n) is 16.9. The Bertz CT molecular complexity index is 1020. The van der Waals surface area contributed by atoms with Gasteiger partial charge in [0.15, 0.2) is 11.5 Å². The van der Waals surface area contributed by atoms with Crippen LogP contribution in [0.15, 0.2) is 36.4 Å². The fourth-order valence-electron chi connectivity index (χ4n) is 4.36. The van der Waals surface area contributed by atoms with E-state index in [2.05, 4.69) is 0 Å². The lowest BCUT2D eigenvalue weighted by atomic mass is 10.1. The highest BCUT2D eigenvalue weighted by Gasteiger charge is 2.46. The van der Waals surface area contributed by atoms with Crippen LogP contribution < -0.4 is 9.47 Å². The fraction of sp³-hybridized carbons (Fsp3) is 0.391. The molecule has 0 radical (unpaired) electrons. The average molecular weight is 445 g/mol. The molecular formula is C23H22ClFN2O4. The van der Waals surface area contributed by atoms with Gasteiger partial charge in [-0.15, -0.1) is 0 Å². The van der Waals surface area contributed by atoms with Gasteiger partial charge in [0.05, 0.1) is 6.42 Å². The monoisotopic (exact) mass is 444 g/mol. The predicted octanol–water partition coefficient (Wildman–Crippen LogP) is 3.22. The van der Waals surface area contributed by atoms with Gasteiger partial charge in [-0.25, -0.2) is 4.39 Å². The summed E-state index contributed by atoms with van der Waals surface area (Å²) in [6.45, 7) is 2.09. The molecule has 0 bridgehead atoms. The third kappa shape index (κ3) is 3.94. The summed E-state index contributed by atoms with van der Waals surface area (Å²) in [7, 11) is 0. The van der Waals surface area contributed by atoms with E-state index in [1.54, 1.807) is 11.0 Å². The summed E-state index contributed by atoms with van der Waals surface area (Å²) in [6, 6.07) is 10.3. The van der Waals surface area contributed by atoms with E-state index in [1.165, 1.54) is 12.1 Å². The van der Waals surface area contributed by atoms with Crippen molar-refractivity contribution < 1.29 is 23.5 Å². The summed E-state index contributed by atoms with van der Waals surface area (Å²) < 4.78 is 24.7. The van der Waals surface area contributed by atoms with Gasteiger partial charge in [-0.1, -0.05) is 23.7 Å². The molecule has 2 aromatic carbocycles. The van der Waals surface area contributed by atoms with Crippen molar-refractivity contribution in [2.45, 2.75) is 18.8 Å². The normalized spacial score (nSPS) is 21.9. The summed E-state index contributed by atoms with van der Waals surface area (Å²) in [6.07, 6.45) is 0.748.